The molecule has 1 N–H and O–H groups in total. The van der Waals surface area contributed by atoms with Crippen molar-refractivity contribution < 1.29 is 9.59 Å². The molecule has 1 heterocycles. The van der Waals surface area contributed by atoms with Crippen molar-refractivity contribution in [3.63, 3.8) is 0 Å². The normalized spacial score (nSPS) is 15.0. The van der Waals surface area contributed by atoms with E-state index in [0.717, 1.165) is 13.1 Å². The van der Waals surface area contributed by atoms with E-state index < -0.39 is 0 Å². The number of carbonyl (C=O) groups is 2. The first-order valence-corrected chi connectivity index (χ1v) is 9.04. The molecule has 1 saturated heterocycles. The average Bonchev–Trinajstić information content (AvgIpc) is 2.64. The Balaban J connectivity index is 1.79. The van der Waals surface area contributed by atoms with Gasteiger partial charge in [-0.15, -0.1) is 0 Å². The van der Waals surface area contributed by atoms with Crippen molar-refractivity contribution in [1.82, 2.24) is 9.80 Å². The molecule has 0 aromatic heterocycles. The quantitative estimate of drug-likeness (QED) is 0.868. The van der Waals surface area contributed by atoms with Crippen LogP contribution < -0.4 is 5.32 Å². The molecular formula is C19H19Cl2N3O2. The minimum Gasteiger partial charge on any atom is -0.336 e. The first-order chi connectivity index (χ1) is 12.5. The minimum atomic E-state index is -0.345. The molecule has 7 heteroatoms. The number of benzene rings is 2. The van der Waals surface area contributed by atoms with E-state index in [2.05, 4.69) is 10.2 Å². The van der Waals surface area contributed by atoms with Crippen LogP contribution in [0.1, 0.15) is 20.7 Å². The molecule has 2 aromatic carbocycles. The van der Waals surface area contributed by atoms with Gasteiger partial charge < -0.3 is 15.1 Å². The summed E-state index contributed by atoms with van der Waals surface area (Å²) in [5, 5.41) is 3.49. The number of halogens is 2. The fourth-order valence-electron chi connectivity index (χ4n) is 2.79. The third kappa shape index (κ3) is 4.18. The Labute approximate surface area is 162 Å². The number of piperazine rings is 1. The van der Waals surface area contributed by atoms with Crippen LogP contribution in [0.2, 0.25) is 10.0 Å². The maximum Gasteiger partial charge on any atom is 0.256 e. The first-order valence-electron chi connectivity index (χ1n) is 8.29. The van der Waals surface area contributed by atoms with Crippen LogP contribution in [0.25, 0.3) is 0 Å². The van der Waals surface area contributed by atoms with Crippen LogP contribution >= 0.6 is 23.2 Å². The molecule has 3 rings (SSSR count). The van der Waals surface area contributed by atoms with Gasteiger partial charge in [-0.05, 0) is 37.4 Å². The van der Waals surface area contributed by atoms with E-state index in [1.807, 2.05) is 11.9 Å². The second-order valence-electron chi connectivity index (χ2n) is 6.22. The van der Waals surface area contributed by atoms with Crippen molar-refractivity contribution >= 4 is 40.7 Å². The van der Waals surface area contributed by atoms with Crippen LogP contribution in [-0.4, -0.2) is 54.8 Å². The monoisotopic (exact) mass is 391 g/mol. The van der Waals surface area contributed by atoms with Gasteiger partial charge in [0, 0.05) is 31.7 Å². The van der Waals surface area contributed by atoms with Crippen LogP contribution in [0.4, 0.5) is 5.69 Å². The summed E-state index contributed by atoms with van der Waals surface area (Å²) >= 11 is 11.9. The predicted octanol–water partition coefficient (Wildman–Crippen LogP) is 3.63. The Kier molecular flexibility index (Phi) is 5.81. The standard InChI is InChI=1S/C19H19Cl2N3O2/c1-23-8-10-24(11-9-23)19(26)14-4-2-3-5-17(14)22-18(25)13-6-7-15(20)16(21)12-13/h2-7,12H,8-11H2,1H3,(H,22,25). The van der Waals surface area contributed by atoms with E-state index in [9.17, 15) is 9.59 Å². The number of hydrogen-bond acceptors (Lipinski definition) is 3. The van der Waals surface area contributed by atoms with Crippen LogP contribution in [0, 0.1) is 0 Å². The number of amides is 2. The Bertz CT molecular complexity index is 833. The molecule has 2 amide bonds. The van der Waals surface area contributed by atoms with E-state index in [-0.39, 0.29) is 11.8 Å². The topological polar surface area (TPSA) is 52.6 Å². The largest absolute Gasteiger partial charge is 0.336 e. The molecule has 1 fully saturated rings. The lowest BCUT2D eigenvalue weighted by molar-refractivity contribution is 0.0665. The van der Waals surface area contributed by atoms with Gasteiger partial charge in [-0.3, -0.25) is 9.59 Å². The van der Waals surface area contributed by atoms with E-state index in [0.29, 0.717) is 39.9 Å². The minimum absolute atomic E-state index is 0.0804. The molecular weight excluding hydrogens is 373 g/mol. The van der Waals surface area contributed by atoms with Crippen LogP contribution in [0.3, 0.4) is 0 Å². The second kappa shape index (κ2) is 8.08. The third-order valence-corrected chi connectivity index (χ3v) is 5.12. The van der Waals surface area contributed by atoms with Gasteiger partial charge in [-0.1, -0.05) is 35.3 Å². The molecule has 26 heavy (non-hydrogen) atoms. The maximum absolute atomic E-state index is 12.9. The smallest absolute Gasteiger partial charge is 0.256 e. The van der Waals surface area contributed by atoms with E-state index >= 15 is 0 Å². The molecule has 0 spiro atoms. The highest BCUT2D eigenvalue weighted by atomic mass is 35.5. The molecule has 2 aromatic rings. The highest BCUT2D eigenvalue weighted by molar-refractivity contribution is 6.42. The number of nitrogens with one attached hydrogen (secondary N) is 1. The Morgan fingerprint density at radius 1 is 0.962 bits per heavy atom. The highest BCUT2D eigenvalue weighted by Gasteiger charge is 2.23. The number of carbonyl (C=O) groups excluding carboxylic acids is 2. The van der Waals surface area contributed by atoms with Crippen molar-refractivity contribution in [3.8, 4) is 0 Å². The second-order valence-corrected chi connectivity index (χ2v) is 7.04. The lowest BCUT2D eigenvalue weighted by Crippen LogP contribution is -2.47. The number of anilines is 1. The van der Waals surface area contributed by atoms with Crippen molar-refractivity contribution in [2.24, 2.45) is 0 Å². The molecule has 0 atom stereocenters. The number of rotatable bonds is 3. The maximum atomic E-state index is 12.9. The summed E-state index contributed by atoms with van der Waals surface area (Å²) in [5.74, 6) is -0.426. The Morgan fingerprint density at radius 2 is 1.65 bits per heavy atom. The molecule has 0 unspecified atom stereocenters. The van der Waals surface area contributed by atoms with Crippen molar-refractivity contribution in [1.29, 1.82) is 0 Å². The van der Waals surface area contributed by atoms with Crippen LogP contribution in [-0.2, 0) is 0 Å². The van der Waals surface area contributed by atoms with Crippen molar-refractivity contribution in [2.45, 2.75) is 0 Å². The third-order valence-electron chi connectivity index (χ3n) is 4.38. The molecule has 0 radical (unpaired) electrons. The first kappa shape index (κ1) is 18.7. The zero-order valence-corrected chi connectivity index (χ0v) is 15.8. The van der Waals surface area contributed by atoms with Crippen molar-refractivity contribution in [2.75, 3.05) is 38.5 Å². The number of likely N-dealkylation sites (N-methyl/N-ethyl adjacent to an activating group) is 1. The molecule has 0 aliphatic carbocycles. The molecule has 136 valence electrons. The number of para-hydroxylation sites is 1. The summed E-state index contributed by atoms with van der Waals surface area (Å²) in [6.45, 7) is 3.02. The zero-order chi connectivity index (χ0) is 18.7. The van der Waals surface area contributed by atoms with Gasteiger partial charge in [0.15, 0.2) is 0 Å². The molecule has 1 aliphatic heterocycles. The Morgan fingerprint density at radius 3 is 2.35 bits per heavy atom. The molecule has 5 nitrogen and oxygen atoms in total. The summed E-state index contributed by atoms with van der Waals surface area (Å²) in [7, 11) is 2.03. The predicted molar refractivity (Wildman–Crippen MR) is 104 cm³/mol. The summed E-state index contributed by atoms with van der Waals surface area (Å²) in [4.78, 5) is 29.4. The van der Waals surface area contributed by atoms with Gasteiger partial charge in [0.05, 0.1) is 21.3 Å². The lowest BCUT2D eigenvalue weighted by Gasteiger charge is -2.32. The van der Waals surface area contributed by atoms with E-state index in [1.54, 1.807) is 36.4 Å². The fraction of sp³-hybridized carbons (Fsp3) is 0.263. The van der Waals surface area contributed by atoms with Gasteiger partial charge in [0.1, 0.15) is 0 Å². The van der Waals surface area contributed by atoms with Crippen LogP contribution in [0.5, 0.6) is 0 Å². The number of hydrogen-bond donors (Lipinski definition) is 1. The van der Waals surface area contributed by atoms with Gasteiger partial charge >= 0.3 is 0 Å². The molecule has 0 saturated carbocycles. The van der Waals surface area contributed by atoms with Gasteiger partial charge in [0.25, 0.3) is 11.8 Å². The molecule has 0 bridgehead atoms. The summed E-state index contributed by atoms with van der Waals surface area (Å²) in [6.07, 6.45) is 0. The SMILES string of the molecule is CN1CCN(C(=O)c2ccccc2NC(=O)c2ccc(Cl)c(Cl)c2)CC1. The van der Waals surface area contributed by atoms with Gasteiger partial charge in [-0.25, -0.2) is 0 Å². The van der Waals surface area contributed by atoms with E-state index in [4.69, 9.17) is 23.2 Å². The van der Waals surface area contributed by atoms with Crippen molar-refractivity contribution in [3.05, 3.63) is 63.6 Å². The fourth-order valence-corrected chi connectivity index (χ4v) is 3.09. The highest BCUT2D eigenvalue weighted by Crippen LogP contribution is 2.24. The summed E-state index contributed by atoms with van der Waals surface area (Å²) in [5.41, 5.74) is 1.33. The summed E-state index contributed by atoms with van der Waals surface area (Å²) < 4.78 is 0. The Hall–Kier alpha value is -2.08. The molecule has 1 aliphatic rings. The van der Waals surface area contributed by atoms with Gasteiger partial charge in [0.2, 0.25) is 0 Å². The average molecular weight is 392 g/mol. The van der Waals surface area contributed by atoms with E-state index in [1.165, 1.54) is 6.07 Å². The van der Waals surface area contributed by atoms with Crippen LogP contribution in [0.15, 0.2) is 42.5 Å². The number of nitrogens with zero attached hydrogens (tertiary/aromatic N) is 2. The summed E-state index contributed by atoms with van der Waals surface area (Å²) in [6, 6.07) is 11.7. The lowest BCUT2D eigenvalue weighted by atomic mass is 10.1. The zero-order valence-electron chi connectivity index (χ0n) is 14.3. The van der Waals surface area contributed by atoms with Gasteiger partial charge in [-0.2, -0.15) is 0 Å².